The van der Waals surface area contributed by atoms with Crippen molar-refractivity contribution >= 4 is 34.8 Å². The molecule has 0 bridgehead atoms. The molecule has 0 saturated heterocycles. The van der Waals surface area contributed by atoms with Crippen molar-refractivity contribution < 1.29 is 28.6 Å². The van der Waals surface area contributed by atoms with E-state index in [1.54, 1.807) is 72.8 Å². The molecule has 7 aromatic rings. The molecule has 0 saturated carbocycles. The number of hydrogen-bond acceptors (Lipinski definition) is 6. The first-order chi connectivity index (χ1) is 26.4. The van der Waals surface area contributed by atoms with E-state index in [4.69, 9.17) is 14.2 Å². The summed E-state index contributed by atoms with van der Waals surface area (Å²) in [5, 5.41) is 8.54. The van der Waals surface area contributed by atoms with Crippen molar-refractivity contribution in [1.82, 2.24) is 0 Å². The van der Waals surface area contributed by atoms with Crippen molar-refractivity contribution in [2.24, 2.45) is 0 Å². The Labute approximate surface area is 311 Å². The van der Waals surface area contributed by atoms with Gasteiger partial charge >= 0.3 is 0 Å². The maximum absolute atomic E-state index is 13.6. The van der Waals surface area contributed by atoms with Gasteiger partial charge < -0.3 is 30.2 Å². The molecule has 9 heteroatoms. The van der Waals surface area contributed by atoms with Gasteiger partial charge in [-0.15, -0.1) is 0 Å². The summed E-state index contributed by atoms with van der Waals surface area (Å²) in [6.45, 7) is 0. The van der Waals surface area contributed by atoms with E-state index in [0.717, 1.165) is 0 Å². The zero-order valence-electron chi connectivity index (χ0n) is 28.8. The lowest BCUT2D eigenvalue weighted by atomic mass is 10.0. The van der Waals surface area contributed by atoms with Crippen molar-refractivity contribution in [3.63, 3.8) is 0 Å². The van der Waals surface area contributed by atoms with Crippen LogP contribution in [-0.2, 0) is 0 Å². The molecule has 0 spiro atoms. The van der Waals surface area contributed by atoms with Crippen molar-refractivity contribution in [3.05, 3.63) is 199 Å². The minimum atomic E-state index is -0.514. The Kier molecular flexibility index (Phi) is 10.7. The fourth-order valence-corrected chi connectivity index (χ4v) is 5.32. The van der Waals surface area contributed by atoms with Gasteiger partial charge in [-0.05, 0) is 127 Å². The third-order valence-corrected chi connectivity index (χ3v) is 7.99. The quantitative estimate of drug-likeness (QED) is 0.116. The summed E-state index contributed by atoms with van der Waals surface area (Å²) in [5.74, 6) is 2.29. The van der Waals surface area contributed by atoms with Crippen LogP contribution in [0.5, 0.6) is 34.5 Å². The topological polar surface area (TPSA) is 115 Å². The summed E-state index contributed by atoms with van der Waals surface area (Å²) >= 11 is 0. The summed E-state index contributed by atoms with van der Waals surface area (Å²) in [5.41, 5.74) is 1.81. The van der Waals surface area contributed by atoms with E-state index in [9.17, 15) is 14.4 Å². The van der Waals surface area contributed by atoms with E-state index in [1.165, 1.54) is 18.2 Å². The number of rotatable bonds is 12. The number of carbonyl (C=O) groups excluding carboxylic acids is 3. The van der Waals surface area contributed by atoms with Crippen molar-refractivity contribution in [2.45, 2.75) is 0 Å². The number of amides is 3. The molecule has 9 nitrogen and oxygen atoms in total. The summed E-state index contributed by atoms with van der Waals surface area (Å²) in [6, 6.07) is 53.0. The lowest BCUT2D eigenvalue weighted by Crippen LogP contribution is -2.19. The molecule has 264 valence electrons. The van der Waals surface area contributed by atoms with Gasteiger partial charge in [0.25, 0.3) is 17.7 Å². The fraction of sp³-hybridized carbons (Fsp3) is 0. The minimum absolute atomic E-state index is 0.107. The van der Waals surface area contributed by atoms with Crippen molar-refractivity contribution in [1.29, 1.82) is 0 Å². The molecule has 7 aromatic carbocycles. The molecular formula is C45H33N3O6. The largest absolute Gasteiger partial charge is 0.457 e. The number of para-hydroxylation sites is 3. The Hall–Kier alpha value is -7.65. The molecule has 0 aliphatic carbocycles. The summed E-state index contributed by atoms with van der Waals surface area (Å²) < 4.78 is 17.6. The molecule has 0 fully saturated rings. The van der Waals surface area contributed by atoms with Gasteiger partial charge in [-0.1, -0.05) is 54.6 Å². The molecule has 3 N–H and O–H groups in total. The zero-order chi connectivity index (χ0) is 37.1. The van der Waals surface area contributed by atoms with Crippen LogP contribution < -0.4 is 30.2 Å². The van der Waals surface area contributed by atoms with Crippen LogP contribution in [0, 0.1) is 0 Å². The van der Waals surface area contributed by atoms with Gasteiger partial charge in [-0.3, -0.25) is 14.4 Å². The van der Waals surface area contributed by atoms with Crippen LogP contribution in [0.1, 0.15) is 31.1 Å². The predicted octanol–water partition coefficient (Wildman–Crippen LogP) is 10.8. The van der Waals surface area contributed by atoms with Crippen LogP contribution in [-0.4, -0.2) is 17.7 Å². The lowest BCUT2D eigenvalue weighted by molar-refractivity contribution is 0.102. The lowest BCUT2D eigenvalue weighted by Gasteiger charge is -2.13. The third kappa shape index (κ3) is 9.36. The van der Waals surface area contributed by atoms with Gasteiger partial charge in [-0.25, -0.2) is 0 Å². The number of benzene rings is 7. The smallest absolute Gasteiger partial charge is 0.255 e. The molecule has 7 rings (SSSR count). The van der Waals surface area contributed by atoms with E-state index >= 15 is 0 Å². The highest BCUT2D eigenvalue weighted by Crippen LogP contribution is 2.26. The molecule has 0 aromatic heterocycles. The van der Waals surface area contributed by atoms with Crippen LogP contribution >= 0.6 is 0 Å². The van der Waals surface area contributed by atoms with Crippen LogP contribution in [0.3, 0.4) is 0 Å². The maximum Gasteiger partial charge on any atom is 0.255 e. The summed E-state index contributed by atoms with van der Waals surface area (Å²) in [7, 11) is 0. The van der Waals surface area contributed by atoms with Crippen molar-refractivity contribution in [2.75, 3.05) is 16.0 Å². The van der Waals surface area contributed by atoms with E-state index in [0.29, 0.717) is 51.6 Å². The van der Waals surface area contributed by atoms with Gasteiger partial charge in [0.15, 0.2) is 0 Å². The molecule has 0 atom stereocenters. The highest BCUT2D eigenvalue weighted by atomic mass is 16.5. The first-order valence-electron chi connectivity index (χ1n) is 17.0. The molecule has 0 aliphatic rings. The fourth-order valence-electron chi connectivity index (χ4n) is 5.32. The van der Waals surface area contributed by atoms with E-state index in [-0.39, 0.29) is 16.7 Å². The molecule has 3 amide bonds. The Morgan fingerprint density at radius 1 is 0.296 bits per heavy atom. The SMILES string of the molecule is O=C(Nc1ccc(Oc2ccccc2)cc1)c1cc(C(=O)Nc2ccc(Oc3ccccc3)cc2)cc(C(=O)Nc2ccc(Oc3ccccc3)cc2)c1. The monoisotopic (exact) mass is 711 g/mol. The van der Waals surface area contributed by atoms with Crippen LogP contribution in [0.25, 0.3) is 0 Å². The minimum Gasteiger partial charge on any atom is -0.457 e. The van der Waals surface area contributed by atoms with Crippen LogP contribution in [0.4, 0.5) is 17.1 Å². The van der Waals surface area contributed by atoms with Crippen LogP contribution in [0.2, 0.25) is 0 Å². The highest BCUT2D eigenvalue weighted by Gasteiger charge is 2.18. The van der Waals surface area contributed by atoms with Crippen LogP contribution in [0.15, 0.2) is 182 Å². The molecular weight excluding hydrogens is 679 g/mol. The number of hydrogen-bond donors (Lipinski definition) is 3. The number of ether oxygens (including phenoxy) is 3. The second-order valence-electron chi connectivity index (χ2n) is 12.0. The predicted molar refractivity (Wildman–Crippen MR) is 209 cm³/mol. The molecule has 54 heavy (non-hydrogen) atoms. The third-order valence-electron chi connectivity index (χ3n) is 7.99. The average Bonchev–Trinajstić information content (AvgIpc) is 3.21. The molecule has 0 unspecified atom stereocenters. The standard InChI is InChI=1S/C45H33N3O6/c49-43(46-34-16-22-40(23-17-34)52-37-10-4-1-5-11-37)31-28-32(44(50)47-35-18-24-41(25-19-35)53-38-12-6-2-7-13-38)30-33(29-31)45(51)48-36-20-26-42(27-21-36)54-39-14-8-3-9-15-39/h1-30H,(H,46,49)(H,47,50)(H,48,51). The normalized spacial score (nSPS) is 10.4. The molecule has 0 aliphatic heterocycles. The maximum atomic E-state index is 13.6. The first-order valence-corrected chi connectivity index (χ1v) is 17.0. The number of anilines is 3. The van der Waals surface area contributed by atoms with Crippen molar-refractivity contribution in [3.8, 4) is 34.5 Å². The molecule has 0 heterocycles. The van der Waals surface area contributed by atoms with Gasteiger partial charge in [0.1, 0.15) is 34.5 Å². The van der Waals surface area contributed by atoms with E-state index in [2.05, 4.69) is 16.0 Å². The van der Waals surface area contributed by atoms with Gasteiger partial charge in [0, 0.05) is 33.8 Å². The highest BCUT2D eigenvalue weighted by molar-refractivity contribution is 6.13. The zero-order valence-corrected chi connectivity index (χ0v) is 28.8. The number of carbonyl (C=O) groups is 3. The summed E-state index contributed by atoms with van der Waals surface area (Å²) in [6.07, 6.45) is 0. The van der Waals surface area contributed by atoms with Gasteiger partial charge in [-0.2, -0.15) is 0 Å². The molecule has 0 radical (unpaired) electrons. The average molecular weight is 712 g/mol. The second kappa shape index (κ2) is 16.6. The van der Waals surface area contributed by atoms with E-state index < -0.39 is 17.7 Å². The number of nitrogens with one attached hydrogen (secondary N) is 3. The van der Waals surface area contributed by atoms with Gasteiger partial charge in [0.2, 0.25) is 0 Å². The summed E-state index contributed by atoms with van der Waals surface area (Å²) in [4.78, 5) is 40.8. The Balaban J connectivity index is 1.09. The Morgan fingerprint density at radius 2 is 0.519 bits per heavy atom. The van der Waals surface area contributed by atoms with Gasteiger partial charge in [0.05, 0.1) is 0 Å². The Bertz CT molecular complexity index is 2070. The van der Waals surface area contributed by atoms with E-state index in [1.807, 2.05) is 91.0 Å². The second-order valence-corrected chi connectivity index (χ2v) is 12.0. The first kappa shape index (κ1) is 34.8. The Morgan fingerprint density at radius 3 is 0.759 bits per heavy atom.